The molecule has 1 aliphatic heterocycles. The molecular weight excluding hydrogens is 335 g/mol. The number of benzene rings is 1. The lowest BCUT2D eigenvalue weighted by Crippen LogP contribution is -2.35. The third kappa shape index (κ3) is 3.03. The molecule has 1 N–H and O–H groups in total. The second-order valence-corrected chi connectivity index (χ2v) is 6.18. The van der Waals surface area contributed by atoms with Crippen LogP contribution in [-0.2, 0) is 13.5 Å². The zero-order chi connectivity index (χ0) is 18.1. The molecule has 1 atom stereocenters. The van der Waals surface area contributed by atoms with Gasteiger partial charge in [0.1, 0.15) is 23.4 Å². The van der Waals surface area contributed by atoms with Crippen LogP contribution in [0.15, 0.2) is 48.9 Å². The third-order valence-corrected chi connectivity index (χ3v) is 4.38. The number of carbonyl (C=O) groups excluding carboxylic acids is 1. The molecule has 0 saturated heterocycles. The maximum Gasteiger partial charge on any atom is 0.269 e. The number of ether oxygens (including phenoxy) is 1. The van der Waals surface area contributed by atoms with Crippen molar-refractivity contribution in [2.45, 2.75) is 12.5 Å². The number of aryl methyl sites for hydroxylation is 1. The van der Waals surface area contributed by atoms with Gasteiger partial charge in [-0.2, -0.15) is 5.10 Å². The Labute approximate surface area is 149 Å². The number of nitrogens with zero attached hydrogens (tertiary/aromatic N) is 3. The predicted molar refractivity (Wildman–Crippen MR) is 93.3 cm³/mol. The molecule has 1 aromatic carbocycles. The molecule has 1 amide bonds. The van der Waals surface area contributed by atoms with E-state index in [2.05, 4.69) is 15.4 Å². The summed E-state index contributed by atoms with van der Waals surface area (Å²) in [7, 11) is 1.71. The zero-order valence-electron chi connectivity index (χ0n) is 14.1. The van der Waals surface area contributed by atoms with E-state index in [-0.39, 0.29) is 17.8 Å². The lowest BCUT2D eigenvalue weighted by atomic mass is 10.0. The number of carbonyl (C=O) groups is 1. The molecule has 0 aliphatic carbocycles. The summed E-state index contributed by atoms with van der Waals surface area (Å²) in [6, 6.07) is 8.25. The van der Waals surface area contributed by atoms with Crippen molar-refractivity contribution in [2.24, 2.45) is 7.05 Å². The van der Waals surface area contributed by atoms with Crippen LogP contribution in [0.3, 0.4) is 0 Å². The maximum atomic E-state index is 14.0. The molecule has 0 fully saturated rings. The molecule has 0 bridgehead atoms. The summed E-state index contributed by atoms with van der Waals surface area (Å²) >= 11 is 0. The number of rotatable bonds is 4. The van der Waals surface area contributed by atoms with E-state index in [9.17, 15) is 9.18 Å². The summed E-state index contributed by atoms with van der Waals surface area (Å²) in [5.41, 5.74) is 2.74. The first-order chi connectivity index (χ1) is 12.6. The molecule has 3 aromatic rings. The van der Waals surface area contributed by atoms with Crippen LogP contribution >= 0.6 is 0 Å². The first-order valence-corrected chi connectivity index (χ1v) is 8.27. The van der Waals surface area contributed by atoms with Gasteiger partial charge >= 0.3 is 0 Å². The van der Waals surface area contributed by atoms with Crippen LogP contribution in [0, 0.1) is 5.82 Å². The van der Waals surface area contributed by atoms with Crippen LogP contribution in [0.2, 0.25) is 0 Å². The van der Waals surface area contributed by atoms with Crippen molar-refractivity contribution in [3.8, 4) is 16.9 Å². The van der Waals surface area contributed by atoms with Crippen LogP contribution in [0.1, 0.15) is 16.1 Å². The second kappa shape index (κ2) is 6.59. The fourth-order valence-electron chi connectivity index (χ4n) is 3.14. The molecular formula is C19H17FN4O2. The average molecular weight is 352 g/mol. The van der Waals surface area contributed by atoms with Crippen molar-refractivity contribution in [2.75, 3.05) is 6.54 Å². The summed E-state index contributed by atoms with van der Waals surface area (Å²) in [5, 5.41) is 6.83. The molecule has 7 heteroatoms. The van der Waals surface area contributed by atoms with Crippen molar-refractivity contribution in [1.82, 2.24) is 20.1 Å². The van der Waals surface area contributed by atoms with Crippen LogP contribution < -0.4 is 10.1 Å². The van der Waals surface area contributed by atoms with Gasteiger partial charge in [0.25, 0.3) is 5.91 Å². The average Bonchev–Trinajstić information content (AvgIpc) is 3.25. The Balaban J connectivity index is 1.51. The molecule has 1 aliphatic rings. The fraction of sp³-hybridized carbons (Fsp3) is 0.211. The molecule has 6 nitrogen and oxygen atoms in total. The summed E-state index contributed by atoms with van der Waals surface area (Å²) in [6.45, 7) is 0.326. The summed E-state index contributed by atoms with van der Waals surface area (Å²) in [6.07, 6.45) is 5.20. The molecule has 0 radical (unpaired) electrons. The Morgan fingerprint density at radius 2 is 2.27 bits per heavy atom. The molecule has 132 valence electrons. The van der Waals surface area contributed by atoms with Gasteiger partial charge in [-0.3, -0.25) is 14.5 Å². The van der Waals surface area contributed by atoms with Gasteiger partial charge in [0.2, 0.25) is 0 Å². The number of hydrogen-bond donors (Lipinski definition) is 1. The van der Waals surface area contributed by atoms with Gasteiger partial charge in [0.15, 0.2) is 0 Å². The minimum absolute atomic E-state index is 0.219. The minimum Gasteiger partial charge on any atom is -0.487 e. The van der Waals surface area contributed by atoms with Crippen molar-refractivity contribution < 1.29 is 13.9 Å². The number of amides is 1. The third-order valence-electron chi connectivity index (χ3n) is 4.38. The largest absolute Gasteiger partial charge is 0.487 e. The van der Waals surface area contributed by atoms with Crippen LogP contribution in [0.25, 0.3) is 11.1 Å². The quantitative estimate of drug-likeness (QED) is 0.783. The van der Waals surface area contributed by atoms with Gasteiger partial charge in [-0.05, 0) is 24.3 Å². The number of hydrogen-bond acceptors (Lipinski definition) is 4. The SMILES string of the molecule is Cn1nccc1C(=O)NC[C@@H]1Cc2cc(F)cc(-c3cccnc3)c2O1. The first-order valence-electron chi connectivity index (χ1n) is 8.27. The molecule has 2 aromatic heterocycles. The zero-order valence-corrected chi connectivity index (χ0v) is 14.1. The van der Waals surface area contributed by atoms with Crippen molar-refractivity contribution in [3.63, 3.8) is 0 Å². The van der Waals surface area contributed by atoms with E-state index in [1.54, 1.807) is 37.8 Å². The van der Waals surface area contributed by atoms with Gasteiger partial charge in [-0.25, -0.2) is 4.39 Å². The van der Waals surface area contributed by atoms with Gasteiger partial charge in [0, 0.05) is 48.7 Å². The van der Waals surface area contributed by atoms with E-state index in [0.717, 1.165) is 11.1 Å². The highest BCUT2D eigenvalue weighted by atomic mass is 19.1. The summed E-state index contributed by atoms with van der Waals surface area (Å²) in [5.74, 6) is 0.119. The molecule has 4 rings (SSSR count). The molecule has 0 unspecified atom stereocenters. The Hall–Kier alpha value is -3.22. The molecule has 0 saturated carbocycles. The van der Waals surface area contributed by atoms with Crippen molar-refractivity contribution in [1.29, 1.82) is 0 Å². The second-order valence-electron chi connectivity index (χ2n) is 6.18. The van der Waals surface area contributed by atoms with Gasteiger partial charge in [0.05, 0.1) is 6.54 Å². The number of fused-ring (bicyclic) bond motifs is 1. The number of aromatic nitrogens is 3. The van der Waals surface area contributed by atoms with Gasteiger partial charge in [-0.1, -0.05) is 6.07 Å². The standard InChI is InChI=1S/C19H17FN4O2/c1-24-17(4-6-23-24)19(25)22-11-15-8-13-7-14(20)9-16(18(13)26-15)12-3-2-5-21-10-12/h2-7,9-10,15H,8,11H2,1H3,(H,22,25)/t15-/m0/s1. The van der Waals surface area contributed by atoms with E-state index in [1.165, 1.54) is 16.8 Å². The van der Waals surface area contributed by atoms with E-state index >= 15 is 0 Å². The fourth-order valence-corrected chi connectivity index (χ4v) is 3.14. The normalized spacial score (nSPS) is 15.4. The van der Waals surface area contributed by atoms with Crippen LogP contribution in [-0.4, -0.2) is 33.3 Å². The number of nitrogens with one attached hydrogen (secondary N) is 1. The van der Waals surface area contributed by atoms with E-state index < -0.39 is 0 Å². The van der Waals surface area contributed by atoms with E-state index in [0.29, 0.717) is 30.0 Å². The van der Waals surface area contributed by atoms with Crippen LogP contribution in [0.5, 0.6) is 5.75 Å². The van der Waals surface area contributed by atoms with Crippen molar-refractivity contribution >= 4 is 5.91 Å². The summed E-state index contributed by atoms with van der Waals surface area (Å²) < 4.78 is 21.5. The number of halogens is 1. The maximum absolute atomic E-state index is 14.0. The lowest BCUT2D eigenvalue weighted by Gasteiger charge is -2.13. The van der Waals surface area contributed by atoms with Gasteiger partial charge in [-0.15, -0.1) is 0 Å². The molecule has 26 heavy (non-hydrogen) atoms. The monoisotopic (exact) mass is 352 g/mol. The lowest BCUT2D eigenvalue weighted by molar-refractivity contribution is 0.0924. The summed E-state index contributed by atoms with van der Waals surface area (Å²) in [4.78, 5) is 16.3. The Bertz CT molecular complexity index is 955. The van der Waals surface area contributed by atoms with E-state index in [1.807, 2.05) is 6.07 Å². The highest BCUT2D eigenvalue weighted by molar-refractivity contribution is 5.92. The highest BCUT2D eigenvalue weighted by Crippen LogP contribution is 2.39. The topological polar surface area (TPSA) is 69.0 Å². The van der Waals surface area contributed by atoms with E-state index in [4.69, 9.17) is 4.74 Å². The predicted octanol–water partition coefficient (Wildman–Crippen LogP) is 2.35. The minimum atomic E-state index is -0.314. The Morgan fingerprint density at radius 1 is 1.38 bits per heavy atom. The first kappa shape index (κ1) is 16.3. The molecule has 0 spiro atoms. The van der Waals surface area contributed by atoms with Crippen molar-refractivity contribution in [3.05, 3.63) is 66.0 Å². The Morgan fingerprint density at radius 3 is 3.00 bits per heavy atom. The number of pyridine rings is 1. The smallest absolute Gasteiger partial charge is 0.269 e. The molecule has 3 heterocycles. The van der Waals surface area contributed by atoms with Crippen LogP contribution in [0.4, 0.5) is 4.39 Å². The van der Waals surface area contributed by atoms with Gasteiger partial charge < -0.3 is 10.1 Å². The highest BCUT2D eigenvalue weighted by Gasteiger charge is 2.27. The Kier molecular flexibility index (Phi) is 4.12.